The maximum Gasteiger partial charge on any atom is 1.00 e. The number of carbonyl (C=O) groups is 1. The van der Waals surface area contributed by atoms with Crippen molar-refractivity contribution in [2.75, 3.05) is 0 Å². The number of hydrogen-bond acceptors (Lipinski definition) is 1. The molecule has 0 saturated carbocycles. The van der Waals surface area contributed by atoms with Crippen LogP contribution < -0.4 is 24.2 Å². The summed E-state index contributed by atoms with van der Waals surface area (Å²) >= 11 is 0. The Balaban J connectivity index is 0.00000220. The van der Waals surface area contributed by atoms with E-state index in [-0.39, 0.29) is 33.0 Å². The normalized spacial score (nSPS) is 10.7. The molecule has 0 radical (unpaired) electrons. The molecule has 0 bridgehead atoms. The van der Waals surface area contributed by atoms with Crippen molar-refractivity contribution < 1.29 is 23.7 Å². The van der Waals surface area contributed by atoms with Gasteiger partial charge in [0.2, 0.25) is 0 Å². The van der Waals surface area contributed by atoms with Crippen LogP contribution in [0.1, 0.15) is 38.2 Å². The van der Waals surface area contributed by atoms with Gasteiger partial charge in [-0.15, -0.1) is 0 Å². The van der Waals surface area contributed by atoms with E-state index in [1.807, 2.05) is 19.1 Å². The quantitative estimate of drug-likeness (QED) is 0.617. The van der Waals surface area contributed by atoms with Gasteiger partial charge >= 0.3 is 18.9 Å². The van der Waals surface area contributed by atoms with Crippen molar-refractivity contribution in [1.29, 1.82) is 0 Å². The van der Waals surface area contributed by atoms with Crippen LogP contribution in [0.2, 0.25) is 0 Å². The molecule has 0 heterocycles. The Kier molecular flexibility index (Phi) is 6.42. The molecule has 1 atom stereocenters. The summed E-state index contributed by atoms with van der Waals surface area (Å²) < 4.78 is 0. The van der Waals surface area contributed by atoms with Crippen molar-refractivity contribution in [3.63, 3.8) is 0 Å². The first-order valence-electron chi connectivity index (χ1n) is 6.86. The van der Waals surface area contributed by atoms with Gasteiger partial charge in [0.1, 0.15) is 0 Å². The molecule has 0 fully saturated rings. The van der Waals surface area contributed by atoms with Crippen LogP contribution in [0, 0.1) is 34.6 Å². The molecule has 0 amide bonds. The number of benzene rings is 2. The molecule has 2 aromatic carbocycles. The van der Waals surface area contributed by atoms with Crippen LogP contribution in [-0.4, -0.2) is 5.52 Å². The third-order valence-corrected chi connectivity index (χ3v) is 5.28. The molecule has 0 aromatic heterocycles. The molecule has 21 heavy (non-hydrogen) atoms. The van der Waals surface area contributed by atoms with Crippen LogP contribution in [0.5, 0.6) is 0 Å². The van der Waals surface area contributed by atoms with E-state index in [0.29, 0.717) is 0 Å². The first-order valence-corrected chi connectivity index (χ1v) is 7.86. The minimum absolute atomic E-state index is 0. The second kappa shape index (κ2) is 7.42. The summed E-state index contributed by atoms with van der Waals surface area (Å²) in [5, 5.41) is 1.15. The summed E-state index contributed by atoms with van der Waals surface area (Å²) in [5.41, 5.74) is 7.07. The Morgan fingerprint density at radius 3 is 2.10 bits per heavy atom. The number of rotatable bonds is 3. The van der Waals surface area contributed by atoms with Crippen molar-refractivity contribution in [2.45, 2.75) is 34.6 Å². The summed E-state index contributed by atoms with van der Waals surface area (Å²) in [4.78, 5) is 12.7. The first kappa shape index (κ1) is 18.2. The van der Waals surface area contributed by atoms with E-state index in [0.717, 1.165) is 22.0 Å². The molecule has 1 nitrogen and oxygen atoms in total. The molecule has 3 heteroatoms. The van der Waals surface area contributed by atoms with E-state index < -0.39 is 0 Å². The van der Waals surface area contributed by atoms with Gasteiger partial charge in [0.05, 0.1) is 0 Å². The number of hydrogen-bond donors (Lipinski definition) is 0. The van der Waals surface area contributed by atoms with Gasteiger partial charge in [-0.05, 0) is 76.3 Å². The minimum Gasteiger partial charge on any atom is -0.289 e. The Morgan fingerprint density at radius 2 is 1.48 bits per heavy atom. The second-order valence-electron chi connectivity index (χ2n) is 5.40. The third kappa shape index (κ3) is 3.86. The fourth-order valence-corrected chi connectivity index (χ4v) is 3.75. The predicted octanol–water partition coefficient (Wildman–Crippen LogP) is 1.38. The molecular formula is C18H21LiOP+. The molecule has 0 N–H and O–H groups in total. The Hall–Kier alpha value is -0.863. The van der Waals surface area contributed by atoms with Crippen LogP contribution in [-0.2, 0) is 0 Å². The van der Waals surface area contributed by atoms with Crippen LogP contribution in [0.25, 0.3) is 0 Å². The molecule has 104 valence electrons. The van der Waals surface area contributed by atoms with Crippen molar-refractivity contribution in [3.8, 4) is 0 Å². The molecule has 2 rings (SSSR count). The molecule has 0 saturated heterocycles. The van der Waals surface area contributed by atoms with Gasteiger partial charge in [-0.25, -0.2) is 0 Å². The fourth-order valence-electron chi connectivity index (χ4n) is 2.53. The minimum atomic E-state index is 0. The Bertz CT molecular complexity index is 677. The molecule has 0 spiro atoms. The van der Waals surface area contributed by atoms with Crippen molar-refractivity contribution in [2.24, 2.45) is 0 Å². The van der Waals surface area contributed by atoms with Crippen molar-refractivity contribution in [1.82, 2.24) is 0 Å². The van der Waals surface area contributed by atoms with Gasteiger partial charge in [0.25, 0.3) is 0 Å². The maximum atomic E-state index is 12.7. The van der Waals surface area contributed by atoms with Gasteiger partial charge in [0, 0.05) is 5.56 Å². The van der Waals surface area contributed by atoms with E-state index in [2.05, 4.69) is 45.9 Å². The summed E-state index contributed by atoms with van der Waals surface area (Å²) in [6.45, 7) is 10.4. The molecular weight excluding hydrogens is 270 g/mol. The fraction of sp³-hybridized carbons (Fsp3) is 0.278. The van der Waals surface area contributed by atoms with E-state index in [9.17, 15) is 4.79 Å². The van der Waals surface area contributed by atoms with Gasteiger partial charge in [0.15, 0.2) is 5.52 Å². The molecule has 1 unspecified atom stereocenters. The zero-order chi connectivity index (χ0) is 14.9. The van der Waals surface area contributed by atoms with Crippen LogP contribution >= 0.6 is 8.58 Å². The molecule has 0 aliphatic heterocycles. The van der Waals surface area contributed by atoms with E-state index >= 15 is 0 Å². The van der Waals surface area contributed by atoms with Crippen molar-refractivity contribution >= 4 is 19.4 Å². The zero-order valence-electron chi connectivity index (χ0n) is 13.8. The van der Waals surface area contributed by atoms with Crippen LogP contribution in [0.15, 0.2) is 30.3 Å². The third-order valence-electron chi connectivity index (χ3n) is 3.98. The van der Waals surface area contributed by atoms with Gasteiger partial charge in [-0.2, -0.15) is 0 Å². The topological polar surface area (TPSA) is 17.1 Å². The second-order valence-corrected chi connectivity index (χ2v) is 6.65. The zero-order valence-corrected chi connectivity index (χ0v) is 14.8. The summed E-state index contributed by atoms with van der Waals surface area (Å²) in [6.07, 6.45) is 0. The van der Waals surface area contributed by atoms with Gasteiger partial charge in [-0.3, -0.25) is 4.79 Å². The van der Waals surface area contributed by atoms with Gasteiger partial charge in [-0.1, -0.05) is 30.3 Å². The monoisotopic (exact) mass is 291 g/mol. The van der Waals surface area contributed by atoms with Crippen molar-refractivity contribution in [3.05, 3.63) is 63.7 Å². The molecule has 0 aliphatic carbocycles. The number of aryl methyl sites for hydroxylation is 3. The van der Waals surface area contributed by atoms with Crippen LogP contribution in [0.3, 0.4) is 0 Å². The largest absolute Gasteiger partial charge is 1.00 e. The van der Waals surface area contributed by atoms with E-state index in [4.69, 9.17) is 0 Å². The summed E-state index contributed by atoms with van der Waals surface area (Å²) in [5.74, 6) is 0. The maximum absolute atomic E-state index is 12.7. The van der Waals surface area contributed by atoms with E-state index in [1.54, 1.807) is 0 Å². The molecule has 0 aliphatic rings. The summed E-state index contributed by atoms with van der Waals surface area (Å²) in [6, 6.07) is 10.3. The summed E-state index contributed by atoms with van der Waals surface area (Å²) in [7, 11) is 0.202. The van der Waals surface area contributed by atoms with E-state index in [1.165, 1.54) is 16.7 Å². The van der Waals surface area contributed by atoms with Crippen LogP contribution in [0.4, 0.5) is 0 Å². The average Bonchev–Trinajstić information content (AvgIpc) is 2.39. The number of carbonyl (C=O) groups excluding carboxylic acids is 1. The average molecular weight is 291 g/mol. The standard InChI is InChI=1S/C18H21OP.Li/c1-11-8-6-7-9-16(11)20-18(19)17-13(3)10-12(2)14(4)15(17)5;/h6-10,20H,1-5H3;/q;+1. The molecule has 2 aromatic rings. The smallest absolute Gasteiger partial charge is 0.289 e. The SMILES string of the molecule is Cc1ccccc1PC(=O)c1c(C)cc(C)c(C)c1C.[Li+]. The Morgan fingerprint density at radius 1 is 0.857 bits per heavy atom. The Labute approximate surface area is 141 Å². The first-order chi connectivity index (χ1) is 9.41. The van der Waals surface area contributed by atoms with Gasteiger partial charge < -0.3 is 0 Å². The predicted molar refractivity (Wildman–Crippen MR) is 88.8 cm³/mol.